The summed E-state index contributed by atoms with van der Waals surface area (Å²) in [5, 5.41) is 20.2. The molecule has 6 heteroatoms. The zero-order chi connectivity index (χ0) is 15.2. The predicted octanol–water partition coefficient (Wildman–Crippen LogP) is 2.03. The van der Waals surface area contributed by atoms with Crippen LogP contribution in [0, 0.1) is 23.2 Å². The van der Waals surface area contributed by atoms with Crippen molar-refractivity contribution in [3.63, 3.8) is 0 Å². The number of benzene rings is 1. The van der Waals surface area contributed by atoms with Crippen LogP contribution in [0.5, 0.6) is 5.75 Å². The lowest BCUT2D eigenvalue weighted by molar-refractivity contribution is -0.145. The molecule has 6 nitrogen and oxygen atoms in total. The zero-order valence-electron chi connectivity index (χ0n) is 11.4. The predicted molar refractivity (Wildman–Crippen MR) is 74.6 cm³/mol. The maximum absolute atomic E-state index is 12.1. The van der Waals surface area contributed by atoms with Crippen molar-refractivity contribution in [3.05, 3.63) is 24.3 Å². The molecular formula is C15H16N2O4. The molecule has 2 N–H and O–H groups in total. The fourth-order valence-corrected chi connectivity index (χ4v) is 2.55. The van der Waals surface area contributed by atoms with E-state index < -0.39 is 17.8 Å². The standard InChI is InChI=1S/C15H16N2O4/c16-8-9-21-11-6-4-10(5-7-11)17-14(18)12-2-1-3-13(12)15(19)20/h4-7,12-13H,1-3,9H2,(H,17,18)(H,19,20). The van der Waals surface area contributed by atoms with Gasteiger partial charge in [0.25, 0.3) is 0 Å². The third-order valence-corrected chi connectivity index (χ3v) is 3.60. The number of hydrogen-bond acceptors (Lipinski definition) is 4. The van der Waals surface area contributed by atoms with Crippen LogP contribution in [0.1, 0.15) is 19.3 Å². The molecule has 2 unspecified atom stereocenters. The van der Waals surface area contributed by atoms with E-state index in [0.29, 0.717) is 24.3 Å². The molecule has 1 fully saturated rings. The summed E-state index contributed by atoms with van der Waals surface area (Å²) in [6.07, 6.45) is 1.91. The van der Waals surface area contributed by atoms with Gasteiger partial charge in [0.15, 0.2) is 6.61 Å². The number of rotatable bonds is 5. The Morgan fingerprint density at radius 3 is 2.57 bits per heavy atom. The lowest BCUT2D eigenvalue weighted by Crippen LogP contribution is -2.29. The van der Waals surface area contributed by atoms with Gasteiger partial charge in [0, 0.05) is 5.69 Å². The molecule has 0 radical (unpaired) electrons. The third-order valence-electron chi connectivity index (χ3n) is 3.60. The molecule has 0 aliphatic heterocycles. The number of amides is 1. The van der Waals surface area contributed by atoms with Gasteiger partial charge in [0.1, 0.15) is 11.8 Å². The van der Waals surface area contributed by atoms with Crippen LogP contribution < -0.4 is 10.1 Å². The quantitative estimate of drug-likeness (QED) is 0.863. The first-order chi connectivity index (χ1) is 10.1. The van der Waals surface area contributed by atoms with Crippen molar-refractivity contribution in [2.45, 2.75) is 19.3 Å². The van der Waals surface area contributed by atoms with Gasteiger partial charge in [0.2, 0.25) is 5.91 Å². The first-order valence-electron chi connectivity index (χ1n) is 6.75. The number of ether oxygens (including phenoxy) is 1. The molecule has 1 aromatic carbocycles. The fourth-order valence-electron chi connectivity index (χ4n) is 2.55. The van der Waals surface area contributed by atoms with E-state index in [1.165, 1.54) is 0 Å². The number of carboxylic acids is 1. The lowest BCUT2D eigenvalue weighted by atomic mass is 9.95. The van der Waals surface area contributed by atoms with E-state index in [4.69, 9.17) is 15.1 Å². The highest BCUT2D eigenvalue weighted by atomic mass is 16.5. The third kappa shape index (κ3) is 3.72. The van der Waals surface area contributed by atoms with Crippen molar-refractivity contribution in [2.24, 2.45) is 11.8 Å². The number of aliphatic carboxylic acids is 1. The van der Waals surface area contributed by atoms with Crippen LogP contribution in [-0.2, 0) is 9.59 Å². The minimum absolute atomic E-state index is 0.0337. The first kappa shape index (κ1) is 14.9. The summed E-state index contributed by atoms with van der Waals surface area (Å²) in [7, 11) is 0. The van der Waals surface area contributed by atoms with Gasteiger partial charge in [0.05, 0.1) is 11.8 Å². The Bertz CT molecular complexity index is 562. The van der Waals surface area contributed by atoms with Crippen LogP contribution in [0.15, 0.2) is 24.3 Å². The molecule has 110 valence electrons. The van der Waals surface area contributed by atoms with Crippen molar-refractivity contribution >= 4 is 17.6 Å². The smallest absolute Gasteiger partial charge is 0.307 e. The molecule has 1 aromatic rings. The average Bonchev–Trinajstić information content (AvgIpc) is 2.96. The van der Waals surface area contributed by atoms with E-state index >= 15 is 0 Å². The molecule has 1 saturated carbocycles. The number of carbonyl (C=O) groups excluding carboxylic acids is 1. The second-order valence-corrected chi connectivity index (χ2v) is 4.94. The Kier molecular flexibility index (Phi) is 4.77. The summed E-state index contributed by atoms with van der Waals surface area (Å²) >= 11 is 0. The summed E-state index contributed by atoms with van der Waals surface area (Å²) in [6, 6.07) is 8.49. The molecule has 1 amide bonds. The molecule has 0 spiro atoms. The van der Waals surface area contributed by atoms with Crippen LogP contribution in [0.2, 0.25) is 0 Å². The lowest BCUT2D eigenvalue weighted by Gasteiger charge is -2.15. The maximum atomic E-state index is 12.1. The van der Waals surface area contributed by atoms with Gasteiger partial charge >= 0.3 is 5.97 Å². The Morgan fingerprint density at radius 2 is 1.95 bits per heavy atom. The minimum atomic E-state index is -0.909. The van der Waals surface area contributed by atoms with E-state index in [9.17, 15) is 9.59 Å². The second kappa shape index (κ2) is 6.75. The van der Waals surface area contributed by atoms with Crippen LogP contribution in [0.25, 0.3) is 0 Å². The van der Waals surface area contributed by atoms with Gasteiger partial charge in [-0.3, -0.25) is 9.59 Å². The normalized spacial score (nSPS) is 20.5. The number of nitrogens with one attached hydrogen (secondary N) is 1. The Balaban J connectivity index is 1.96. The molecule has 0 saturated heterocycles. The topological polar surface area (TPSA) is 99.4 Å². The summed E-state index contributed by atoms with van der Waals surface area (Å²) in [4.78, 5) is 23.2. The largest absolute Gasteiger partial charge is 0.481 e. The highest BCUT2D eigenvalue weighted by Crippen LogP contribution is 2.33. The second-order valence-electron chi connectivity index (χ2n) is 4.94. The van der Waals surface area contributed by atoms with Gasteiger partial charge in [-0.15, -0.1) is 0 Å². The fraction of sp³-hybridized carbons (Fsp3) is 0.400. The zero-order valence-corrected chi connectivity index (χ0v) is 11.4. The molecular weight excluding hydrogens is 272 g/mol. The Hall–Kier alpha value is -2.55. The molecule has 21 heavy (non-hydrogen) atoms. The number of anilines is 1. The van der Waals surface area contributed by atoms with Crippen LogP contribution in [0.4, 0.5) is 5.69 Å². The number of carboxylic acid groups (broad SMARTS) is 1. The SMILES string of the molecule is N#CCOc1ccc(NC(=O)C2CCCC2C(=O)O)cc1. The molecule has 2 atom stereocenters. The molecule has 2 rings (SSSR count). The summed E-state index contributed by atoms with van der Waals surface area (Å²) < 4.78 is 5.11. The maximum Gasteiger partial charge on any atom is 0.307 e. The van der Waals surface area contributed by atoms with Crippen molar-refractivity contribution < 1.29 is 19.4 Å². The molecule has 0 bridgehead atoms. The first-order valence-corrected chi connectivity index (χ1v) is 6.75. The van der Waals surface area contributed by atoms with E-state index in [2.05, 4.69) is 5.32 Å². The highest BCUT2D eigenvalue weighted by Gasteiger charge is 2.37. The minimum Gasteiger partial charge on any atom is -0.481 e. The van der Waals surface area contributed by atoms with Crippen molar-refractivity contribution in [1.29, 1.82) is 5.26 Å². The average molecular weight is 288 g/mol. The Morgan fingerprint density at radius 1 is 1.29 bits per heavy atom. The monoisotopic (exact) mass is 288 g/mol. The number of nitrogens with zero attached hydrogens (tertiary/aromatic N) is 1. The van der Waals surface area contributed by atoms with Gasteiger partial charge < -0.3 is 15.2 Å². The Labute approximate surface area is 122 Å². The van der Waals surface area contributed by atoms with Gasteiger partial charge in [-0.1, -0.05) is 6.42 Å². The molecule has 0 heterocycles. The van der Waals surface area contributed by atoms with Gasteiger partial charge in [-0.25, -0.2) is 0 Å². The van der Waals surface area contributed by atoms with Crippen molar-refractivity contribution in [3.8, 4) is 11.8 Å². The van der Waals surface area contributed by atoms with Gasteiger partial charge in [-0.2, -0.15) is 5.26 Å². The number of hydrogen-bond donors (Lipinski definition) is 2. The van der Waals surface area contributed by atoms with E-state index in [0.717, 1.165) is 6.42 Å². The summed E-state index contributed by atoms with van der Waals surface area (Å²) in [6.45, 7) is -0.0337. The molecule has 0 aromatic heterocycles. The summed E-state index contributed by atoms with van der Waals surface area (Å²) in [5.74, 6) is -1.70. The van der Waals surface area contributed by atoms with Crippen molar-refractivity contribution in [1.82, 2.24) is 0 Å². The van der Waals surface area contributed by atoms with Gasteiger partial charge in [-0.05, 0) is 37.1 Å². The highest BCUT2D eigenvalue weighted by molar-refractivity contribution is 5.95. The molecule has 1 aliphatic rings. The van der Waals surface area contributed by atoms with Crippen LogP contribution in [0.3, 0.4) is 0 Å². The van der Waals surface area contributed by atoms with Crippen LogP contribution in [-0.4, -0.2) is 23.6 Å². The van der Waals surface area contributed by atoms with E-state index in [1.54, 1.807) is 24.3 Å². The van der Waals surface area contributed by atoms with Crippen LogP contribution >= 0.6 is 0 Å². The van der Waals surface area contributed by atoms with E-state index in [1.807, 2.05) is 6.07 Å². The van der Waals surface area contributed by atoms with Crippen molar-refractivity contribution in [2.75, 3.05) is 11.9 Å². The number of carbonyl (C=O) groups is 2. The molecule has 1 aliphatic carbocycles. The van der Waals surface area contributed by atoms with E-state index in [-0.39, 0.29) is 12.5 Å². The summed E-state index contributed by atoms with van der Waals surface area (Å²) in [5.41, 5.74) is 0.584. The number of nitriles is 1.